The summed E-state index contributed by atoms with van der Waals surface area (Å²) in [6.07, 6.45) is 2.55. The van der Waals surface area contributed by atoms with Crippen molar-refractivity contribution in [2.24, 2.45) is 0 Å². The standard InChI is InChI=1S/C23H21N3O3/c1-2-13-28-23-19(6-4-12-25-23)16-26-22(27)18-5-3-7-21(14-18)29-20-10-8-17(15-24)9-11-20/h3-12,14H,2,13,16H2,1H3,(H,26,27). The summed E-state index contributed by atoms with van der Waals surface area (Å²) in [5, 5.41) is 11.7. The van der Waals surface area contributed by atoms with Gasteiger partial charge in [-0.15, -0.1) is 0 Å². The van der Waals surface area contributed by atoms with Crippen LogP contribution in [0.1, 0.15) is 34.8 Å². The molecule has 3 aromatic rings. The lowest BCUT2D eigenvalue weighted by molar-refractivity contribution is 0.0950. The van der Waals surface area contributed by atoms with Crippen molar-refractivity contribution in [1.29, 1.82) is 5.26 Å². The zero-order chi connectivity index (χ0) is 20.5. The van der Waals surface area contributed by atoms with Crippen molar-refractivity contribution in [2.45, 2.75) is 19.9 Å². The average molecular weight is 387 g/mol. The molecule has 6 heteroatoms. The second-order valence-corrected chi connectivity index (χ2v) is 6.26. The van der Waals surface area contributed by atoms with Gasteiger partial charge < -0.3 is 14.8 Å². The van der Waals surface area contributed by atoms with E-state index in [1.54, 1.807) is 54.7 Å². The van der Waals surface area contributed by atoms with Crippen molar-refractivity contribution in [3.63, 3.8) is 0 Å². The molecular formula is C23H21N3O3. The van der Waals surface area contributed by atoms with Crippen LogP contribution in [-0.2, 0) is 6.54 Å². The van der Waals surface area contributed by atoms with Crippen molar-refractivity contribution in [3.05, 3.63) is 83.6 Å². The van der Waals surface area contributed by atoms with Crippen LogP contribution in [0, 0.1) is 11.3 Å². The molecule has 2 aromatic carbocycles. The van der Waals surface area contributed by atoms with E-state index in [0.717, 1.165) is 12.0 Å². The number of rotatable bonds is 8. The van der Waals surface area contributed by atoms with Crippen LogP contribution in [0.5, 0.6) is 17.4 Å². The van der Waals surface area contributed by atoms with Crippen LogP contribution in [0.4, 0.5) is 0 Å². The number of carbonyl (C=O) groups is 1. The van der Waals surface area contributed by atoms with Gasteiger partial charge >= 0.3 is 0 Å². The SMILES string of the molecule is CCCOc1ncccc1CNC(=O)c1cccc(Oc2ccc(C#N)cc2)c1. The molecule has 0 aliphatic rings. The van der Waals surface area contributed by atoms with E-state index < -0.39 is 0 Å². The maximum atomic E-state index is 12.6. The first kappa shape index (κ1) is 19.9. The lowest BCUT2D eigenvalue weighted by atomic mass is 10.2. The van der Waals surface area contributed by atoms with E-state index in [1.807, 2.05) is 19.1 Å². The molecule has 1 aromatic heterocycles. The molecule has 29 heavy (non-hydrogen) atoms. The molecule has 0 unspecified atom stereocenters. The molecule has 146 valence electrons. The molecule has 0 saturated carbocycles. The Morgan fingerprint density at radius 3 is 2.69 bits per heavy atom. The summed E-state index contributed by atoms with van der Waals surface area (Å²) in [7, 11) is 0. The van der Waals surface area contributed by atoms with Gasteiger partial charge in [-0.3, -0.25) is 4.79 Å². The van der Waals surface area contributed by atoms with Crippen LogP contribution in [0.3, 0.4) is 0 Å². The first-order valence-electron chi connectivity index (χ1n) is 9.32. The summed E-state index contributed by atoms with van der Waals surface area (Å²) in [5.41, 5.74) is 1.86. The summed E-state index contributed by atoms with van der Waals surface area (Å²) in [5.74, 6) is 1.44. The van der Waals surface area contributed by atoms with Crippen LogP contribution < -0.4 is 14.8 Å². The normalized spacial score (nSPS) is 10.1. The van der Waals surface area contributed by atoms with Gasteiger partial charge in [0.05, 0.1) is 18.2 Å². The predicted octanol–water partition coefficient (Wildman–Crippen LogP) is 4.46. The Labute approximate surface area is 169 Å². The van der Waals surface area contributed by atoms with E-state index in [4.69, 9.17) is 14.7 Å². The number of carbonyl (C=O) groups excluding carboxylic acids is 1. The van der Waals surface area contributed by atoms with Crippen molar-refractivity contribution in [2.75, 3.05) is 6.61 Å². The minimum absolute atomic E-state index is 0.222. The fraction of sp³-hybridized carbons (Fsp3) is 0.174. The predicted molar refractivity (Wildman–Crippen MR) is 109 cm³/mol. The molecule has 0 aliphatic carbocycles. The number of pyridine rings is 1. The van der Waals surface area contributed by atoms with E-state index in [9.17, 15) is 4.79 Å². The van der Waals surface area contributed by atoms with E-state index >= 15 is 0 Å². The number of benzene rings is 2. The third-order valence-electron chi connectivity index (χ3n) is 4.05. The number of amides is 1. The maximum absolute atomic E-state index is 12.6. The van der Waals surface area contributed by atoms with Gasteiger partial charge in [0, 0.05) is 23.9 Å². The molecule has 0 saturated heterocycles. The highest BCUT2D eigenvalue weighted by molar-refractivity contribution is 5.94. The number of hydrogen-bond acceptors (Lipinski definition) is 5. The van der Waals surface area contributed by atoms with E-state index in [0.29, 0.717) is 41.7 Å². The zero-order valence-electron chi connectivity index (χ0n) is 16.1. The highest BCUT2D eigenvalue weighted by atomic mass is 16.5. The molecule has 3 rings (SSSR count). The van der Waals surface area contributed by atoms with Crippen molar-refractivity contribution in [1.82, 2.24) is 10.3 Å². The summed E-state index contributed by atoms with van der Waals surface area (Å²) in [6.45, 7) is 2.91. The number of nitriles is 1. The van der Waals surface area contributed by atoms with Crippen molar-refractivity contribution < 1.29 is 14.3 Å². The Hall–Kier alpha value is -3.85. The van der Waals surface area contributed by atoms with E-state index in [-0.39, 0.29) is 5.91 Å². The first-order chi connectivity index (χ1) is 14.2. The van der Waals surface area contributed by atoms with Gasteiger partial charge in [0.15, 0.2) is 0 Å². The number of ether oxygens (including phenoxy) is 2. The molecule has 0 aliphatic heterocycles. The quantitative estimate of drug-likeness (QED) is 0.617. The van der Waals surface area contributed by atoms with Crippen molar-refractivity contribution in [3.8, 4) is 23.4 Å². The molecule has 0 bridgehead atoms. The van der Waals surface area contributed by atoms with Crippen LogP contribution in [-0.4, -0.2) is 17.5 Å². The van der Waals surface area contributed by atoms with Gasteiger partial charge in [0.2, 0.25) is 5.88 Å². The first-order valence-corrected chi connectivity index (χ1v) is 9.32. The molecule has 1 heterocycles. The second kappa shape index (κ2) is 9.90. The fourth-order valence-electron chi connectivity index (χ4n) is 2.60. The Morgan fingerprint density at radius 2 is 1.93 bits per heavy atom. The Morgan fingerprint density at radius 1 is 1.10 bits per heavy atom. The molecule has 0 atom stereocenters. The third-order valence-corrected chi connectivity index (χ3v) is 4.05. The molecule has 0 fully saturated rings. The second-order valence-electron chi connectivity index (χ2n) is 6.26. The summed E-state index contributed by atoms with van der Waals surface area (Å²) >= 11 is 0. The number of nitrogens with zero attached hydrogens (tertiary/aromatic N) is 2. The average Bonchev–Trinajstić information content (AvgIpc) is 2.77. The Kier molecular flexibility index (Phi) is 6.80. The number of nitrogens with one attached hydrogen (secondary N) is 1. The topological polar surface area (TPSA) is 84.2 Å². The summed E-state index contributed by atoms with van der Waals surface area (Å²) < 4.78 is 11.4. The molecule has 0 spiro atoms. The van der Waals surface area contributed by atoms with Gasteiger partial charge in [-0.25, -0.2) is 4.98 Å². The van der Waals surface area contributed by atoms with Crippen LogP contribution in [0.2, 0.25) is 0 Å². The Bertz CT molecular complexity index is 1010. The number of hydrogen-bond donors (Lipinski definition) is 1. The largest absolute Gasteiger partial charge is 0.477 e. The van der Waals surface area contributed by atoms with Gasteiger partial charge in [0.25, 0.3) is 5.91 Å². The molecule has 1 amide bonds. The molecule has 1 N–H and O–H groups in total. The minimum Gasteiger partial charge on any atom is -0.477 e. The molecular weight excluding hydrogens is 366 g/mol. The molecule has 6 nitrogen and oxygen atoms in total. The van der Waals surface area contributed by atoms with Crippen LogP contribution in [0.15, 0.2) is 66.9 Å². The fourth-order valence-corrected chi connectivity index (χ4v) is 2.60. The van der Waals surface area contributed by atoms with Gasteiger partial charge in [-0.2, -0.15) is 5.26 Å². The van der Waals surface area contributed by atoms with Gasteiger partial charge in [0.1, 0.15) is 11.5 Å². The summed E-state index contributed by atoms with van der Waals surface area (Å²) in [4.78, 5) is 16.8. The van der Waals surface area contributed by atoms with Crippen molar-refractivity contribution >= 4 is 5.91 Å². The highest BCUT2D eigenvalue weighted by Crippen LogP contribution is 2.23. The maximum Gasteiger partial charge on any atom is 0.251 e. The Balaban J connectivity index is 1.64. The van der Waals surface area contributed by atoms with Crippen LogP contribution >= 0.6 is 0 Å². The van der Waals surface area contributed by atoms with E-state index in [2.05, 4.69) is 16.4 Å². The molecule has 0 radical (unpaired) electrons. The van der Waals surface area contributed by atoms with Crippen LogP contribution in [0.25, 0.3) is 0 Å². The third kappa shape index (κ3) is 5.56. The smallest absolute Gasteiger partial charge is 0.251 e. The summed E-state index contributed by atoms with van der Waals surface area (Å²) in [6, 6.07) is 19.5. The van der Waals surface area contributed by atoms with Gasteiger partial charge in [-0.1, -0.05) is 19.1 Å². The highest BCUT2D eigenvalue weighted by Gasteiger charge is 2.10. The lowest BCUT2D eigenvalue weighted by Gasteiger charge is -2.11. The minimum atomic E-state index is -0.222. The lowest BCUT2D eigenvalue weighted by Crippen LogP contribution is -2.23. The zero-order valence-corrected chi connectivity index (χ0v) is 16.1. The number of aromatic nitrogens is 1. The monoisotopic (exact) mass is 387 g/mol. The van der Waals surface area contributed by atoms with E-state index in [1.165, 1.54) is 0 Å². The van der Waals surface area contributed by atoms with Gasteiger partial charge in [-0.05, 0) is 55.0 Å².